The SMILES string of the molecule is CC.CC1CCC2(CC1)OCC(C)(C)CO2. The molecule has 1 spiro atoms. The van der Waals surface area contributed by atoms with Crippen LogP contribution < -0.4 is 0 Å². The molecule has 0 unspecified atom stereocenters. The Hall–Kier alpha value is -0.0800. The van der Waals surface area contributed by atoms with Gasteiger partial charge in [-0.3, -0.25) is 0 Å². The van der Waals surface area contributed by atoms with Gasteiger partial charge in [0.25, 0.3) is 0 Å². The van der Waals surface area contributed by atoms with Crippen LogP contribution in [-0.4, -0.2) is 19.0 Å². The summed E-state index contributed by atoms with van der Waals surface area (Å²) in [6.07, 6.45) is 4.68. The fourth-order valence-corrected chi connectivity index (χ4v) is 2.23. The third kappa shape index (κ3) is 3.46. The molecule has 0 aromatic carbocycles. The second-order valence-electron chi connectivity index (χ2n) is 5.83. The van der Waals surface area contributed by atoms with Crippen molar-refractivity contribution in [2.45, 2.75) is 66.1 Å². The molecule has 1 aliphatic heterocycles. The van der Waals surface area contributed by atoms with Gasteiger partial charge in [0.05, 0.1) is 13.2 Å². The van der Waals surface area contributed by atoms with Crippen LogP contribution in [0.5, 0.6) is 0 Å². The van der Waals surface area contributed by atoms with Crippen molar-refractivity contribution >= 4 is 0 Å². The van der Waals surface area contributed by atoms with E-state index in [1.165, 1.54) is 12.8 Å². The summed E-state index contributed by atoms with van der Waals surface area (Å²) in [7, 11) is 0. The minimum atomic E-state index is -0.206. The Morgan fingerprint density at radius 2 is 1.38 bits per heavy atom. The summed E-state index contributed by atoms with van der Waals surface area (Å²) in [5.41, 5.74) is 0.203. The van der Waals surface area contributed by atoms with E-state index in [9.17, 15) is 0 Å². The fourth-order valence-electron chi connectivity index (χ4n) is 2.23. The summed E-state index contributed by atoms with van der Waals surface area (Å²) < 4.78 is 11.9. The summed E-state index contributed by atoms with van der Waals surface area (Å²) >= 11 is 0. The molecule has 0 N–H and O–H groups in total. The van der Waals surface area contributed by atoms with Gasteiger partial charge in [-0.1, -0.05) is 34.6 Å². The van der Waals surface area contributed by atoms with Crippen LogP contribution in [0.4, 0.5) is 0 Å². The molecule has 0 amide bonds. The predicted molar refractivity (Wildman–Crippen MR) is 67.4 cm³/mol. The van der Waals surface area contributed by atoms with Gasteiger partial charge in [-0.05, 0) is 18.8 Å². The monoisotopic (exact) mass is 228 g/mol. The molecule has 2 fully saturated rings. The van der Waals surface area contributed by atoms with Crippen LogP contribution in [-0.2, 0) is 9.47 Å². The predicted octanol–water partition coefficient (Wildman–Crippen LogP) is 3.99. The first-order valence-electron chi connectivity index (χ1n) is 6.79. The molecule has 2 heteroatoms. The number of rotatable bonds is 0. The van der Waals surface area contributed by atoms with Gasteiger partial charge in [-0.15, -0.1) is 0 Å². The highest BCUT2D eigenvalue weighted by molar-refractivity contribution is 4.84. The fraction of sp³-hybridized carbons (Fsp3) is 1.00. The lowest BCUT2D eigenvalue weighted by molar-refractivity contribution is -0.312. The normalized spacial score (nSPS) is 28.3. The first kappa shape index (κ1) is 14.0. The Balaban J connectivity index is 0.000000606. The molecule has 96 valence electrons. The van der Waals surface area contributed by atoms with Crippen LogP contribution in [0.3, 0.4) is 0 Å². The van der Waals surface area contributed by atoms with Crippen molar-refractivity contribution < 1.29 is 9.47 Å². The highest BCUT2D eigenvalue weighted by Gasteiger charge is 2.42. The Bertz CT molecular complexity index is 191. The molecule has 0 radical (unpaired) electrons. The summed E-state index contributed by atoms with van der Waals surface area (Å²) in [6.45, 7) is 12.4. The largest absolute Gasteiger partial charge is 0.349 e. The Morgan fingerprint density at radius 3 is 1.81 bits per heavy atom. The van der Waals surface area contributed by atoms with Gasteiger partial charge in [-0.2, -0.15) is 0 Å². The van der Waals surface area contributed by atoms with Crippen LogP contribution >= 0.6 is 0 Å². The second-order valence-corrected chi connectivity index (χ2v) is 5.83. The van der Waals surface area contributed by atoms with E-state index < -0.39 is 0 Å². The number of hydrogen-bond acceptors (Lipinski definition) is 2. The minimum Gasteiger partial charge on any atom is -0.349 e. The summed E-state index contributed by atoms with van der Waals surface area (Å²) in [5, 5.41) is 0. The smallest absolute Gasteiger partial charge is 0.168 e. The molecule has 1 saturated heterocycles. The molecule has 0 aromatic rings. The van der Waals surface area contributed by atoms with Crippen molar-refractivity contribution in [3.63, 3.8) is 0 Å². The molecule has 1 aliphatic carbocycles. The maximum Gasteiger partial charge on any atom is 0.168 e. The first-order chi connectivity index (χ1) is 7.52. The Labute approximate surface area is 101 Å². The summed E-state index contributed by atoms with van der Waals surface area (Å²) in [4.78, 5) is 0. The van der Waals surface area contributed by atoms with Crippen molar-refractivity contribution in [2.24, 2.45) is 11.3 Å². The van der Waals surface area contributed by atoms with E-state index in [-0.39, 0.29) is 11.2 Å². The van der Waals surface area contributed by atoms with E-state index >= 15 is 0 Å². The Morgan fingerprint density at radius 1 is 0.938 bits per heavy atom. The highest BCUT2D eigenvalue weighted by atomic mass is 16.7. The standard InChI is InChI=1S/C12H22O2.C2H6/c1-10-4-6-12(7-5-10)13-8-11(2,3)9-14-12;1-2/h10H,4-9H2,1-3H3;1-2H3. The average Bonchev–Trinajstić information content (AvgIpc) is 2.30. The van der Waals surface area contributed by atoms with E-state index in [0.717, 1.165) is 32.0 Å². The minimum absolute atomic E-state index is 0.203. The summed E-state index contributed by atoms with van der Waals surface area (Å²) in [6, 6.07) is 0. The third-order valence-corrected chi connectivity index (χ3v) is 3.49. The zero-order valence-corrected chi connectivity index (χ0v) is 11.6. The van der Waals surface area contributed by atoms with E-state index in [2.05, 4.69) is 20.8 Å². The van der Waals surface area contributed by atoms with Gasteiger partial charge in [0.2, 0.25) is 0 Å². The lowest BCUT2D eigenvalue weighted by atomic mass is 9.84. The van der Waals surface area contributed by atoms with E-state index in [1.54, 1.807) is 0 Å². The molecular formula is C14H28O2. The van der Waals surface area contributed by atoms with Crippen LogP contribution in [0.2, 0.25) is 0 Å². The number of hydrogen-bond donors (Lipinski definition) is 0. The molecule has 1 heterocycles. The lowest BCUT2D eigenvalue weighted by Gasteiger charge is -2.46. The molecule has 2 rings (SSSR count). The van der Waals surface area contributed by atoms with E-state index in [0.29, 0.717) is 0 Å². The van der Waals surface area contributed by atoms with Gasteiger partial charge in [0.15, 0.2) is 5.79 Å². The van der Waals surface area contributed by atoms with E-state index in [4.69, 9.17) is 9.47 Å². The van der Waals surface area contributed by atoms with Crippen molar-refractivity contribution in [3.8, 4) is 0 Å². The molecule has 0 aromatic heterocycles. The van der Waals surface area contributed by atoms with Crippen LogP contribution in [0, 0.1) is 11.3 Å². The molecule has 2 aliphatic rings. The molecule has 2 nitrogen and oxygen atoms in total. The topological polar surface area (TPSA) is 18.5 Å². The van der Waals surface area contributed by atoms with Gasteiger partial charge >= 0.3 is 0 Å². The van der Waals surface area contributed by atoms with E-state index in [1.807, 2.05) is 13.8 Å². The van der Waals surface area contributed by atoms with Crippen molar-refractivity contribution in [1.29, 1.82) is 0 Å². The molecule has 1 saturated carbocycles. The maximum atomic E-state index is 5.95. The van der Waals surface area contributed by atoms with Crippen molar-refractivity contribution in [1.82, 2.24) is 0 Å². The average molecular weight is 228 g/mol. The van der Waals surface area contributed by atoms with Gasteiger partial charge < -0.3 is 9.47 Å². The van der Waals surface area contributed by atoms with Gasteiger partial charge in [-0.25, -0.2) is 0 Å². The highest BCUT2D eigenvalue weighted by Crippen LogP contribution is 2.40. The zero-order chi connectivity index (χ0) is 12.2. The van der Waals surface area contributed by atoms with Crippen LogP contribution in [0.15, 0.2) is 0 Å². The van der Waals surface area contributed by atoms with Crippen LogP contribution in [0.25, 0.3) is 0 Å². The summed E-state index contributed by atoms with van der Waals surface area (Å²) in [5.74, 6) is 0.643. The quantitative estimate of drug-likeness (QED) is 0.624. The van der Waals surface area contributed by atoms with Gasteiger partial charge in [0, 0.05) is 18.3 Å². The maximum absolute atomic E-state index is 5.95. The van der Waals surface area contributed by atoms with Crippen molar-refractivity contribution in [3.05, 3.63) is 0 Å². The molecule has 0 bridgehead atoms. The third-order valence-electron chi connectivity index (χ3n) is 3.49. The molecule has 16 heavy (non-hydrogen) atoms. The van der Waals surface area contributed by atoms with Crippen LogP contribution in [0.1, 0.15) is 60.3 Å². The molecular weight excluding hydrogens is 200 g/mol. The van der Waals surface area contributed by atoms with Crippen molar-refractivity contribution in [2.75, 3.05) is 13.2 Å². The second kappa shape index (κ2) is 5.50. The van der Waals surface area contributed by atoms with Gasteiger partial charge in [0.1, 0.15) is 0 Å². The molecule has 0 atom stereocenters. The Kier molecular flexibility index (Phi) is 4.81. The first-order valence-corrected chi connectivity index (χ1v) is 6.79. The zero-order valence-electron chi connectivity index (χ0n) is 11.6. The number of ether oxygens (including phenoxy) is 2. The lowest BCUT2D eigenvalue weighted by Crippen LogP contribution is -2.49.